The van der Waals surface area contributed by atoms with E-state index in [-0.39, 0.29) is 0 Å². The second-order valence-corrected chi connectivity index (χ2v) is 4.63. The molecule has 0 spiro atoms. The molecule has 0 atom stereocenters. The first-order valence-electron chi connectivity index (χ1n) is 6.60. The van der Waals surface area contributed by atoms with Crippen LogP contribution in [0.1, 0.15) is 27.7 Å². The Balaban J connectivity index is 0.00000154. The lowest BCUT2D eigenvalue weighted by molar-refractivity contribution is 0.547. The van der Waals surface area contributed by atoms with Crippen LogP contribution in [0.15, 0.2) is 70.8 Å². The molecule has 0 unspecified atom stereocenters. The summed E-state index contributed by atoms with van der Waals surface area (Å²) in [6, 6.07) is 0. The average Bonchev–Trinajstić information content (AvgIpc) is 2.47. The van der Waals surface area contributed by atoms with Crippen molar-refractivity contribution < 1.29 is 0 Å². The normalized spacial score (nSPS) is 19.7. The summed E-state index contributed by atoms with van der Waals surface area (Å²) >= 11 is 1.73. The number of rotatable bonds is 3. The second-order valence-electron chi connectivity index (χ2n) is 3.55. The maximum Gasteiger partial charge on any atom is 0.0546 e. The molecule has 104 valence electrons. The molecule has 1 aliphatic heterocycles. The summed E-state index contributed by atoms with van der Waals surface area (Å²) in [4.78, 5) is 4.54. The lowest BCUT2D eigenvalue weighted by Gasteiger charge is -2.31. The highest BCUT2D eigenvalue weighted by Gasteiger charge is 2.21. The van der Waals surface area contributed by atoms with Crippen LogP contribution in [0, 0.1) is 0 Å². The van der Waals surface area contributed by atoms with Gasteiger partial charge in [-0.2, -0.15) is 0 Å². The third-order valence-corrected chi connectivity index (χ3v) is 3.80. The van der Waals surface area contributed by atoms with Crippen molar-refractivity contribution in [2.45, 2.75) is 27.7 Å². The number of nitrogens with zero attached hydrogens (tertiary/aromatic N) is 1. The van der Waals surface area contributed by atoms with E-state index in [0.717, 1.165) is 10.6 Å². The van der Waals surface area contributed by atoms with Gasteiger partial charge in [-0.1, -0.05) is 63.1 Å². The van der Waals surface area contributed by atoms with Crippen molar-refractivity contribution in [2.24, 2.45) is 0 Å². The van der Waals surface area contributed by atoms with Gasteiger partial charge in [0.05, 0.1) is 11.4 Å². The molecule has 0 aliphatic carbocycles. The Morgan fingerprint density at radius 3 is 2.16 bits per heavy atom. The molecule has 0 radical (unpaired) electrons. The van der Waals surface area contributed by atoms with Crippen molar-refractivity contribution in [1.29, 1.82) is 0 Å². The van der Waals surface area contributed by atoms with Crippen LogP contribution in [-0.4, -0.2) is 11.9 Å². The van der Waals surface area contributed by atoms with Gasteiger partial charge in [0.2, 0.25) is 0 Å². The topological polar surface area (TPSA) is 3.24 Å². The smallest absolute Gasteiger partial charge is 0.0546 e. The van der Waals surface area contributed by atoms with Gasteiger partial charge >= 0.3 is 0 Å². The molecule has 0 bridgehead atoms. The van der Waals surface area contributed by atoms with Crippen molar-refractivity contribution in [3.8, 4) is 0 Å². The Bertz CT molecular complexity index is 436. The van der Waals surface area contributed by atoms with Crippen LogP contribution in [-0.2, 0) is 0 Å². The molecule has 0 aromatic carbocycles. The van der Waals surface area contributed by atoms with Gasteiger partial charge in [0.15, 0.2) is 0 Å². The Hall–Kier alpha value is -1.41. The summed E-state index contributed by atoms with van der Waals surface area (Å²) in [5, 5.41) is 0. The van der Waals surface area contributed by atoms with E-state index >= 15 is 0 Å². The monoisotopic (exact) mass is 275 g/mol. The summed E-state index contributed by atoms with van der Waals surface area (Å²) < 4.78 is 0. The molecular formula is C17H25NS. The van der Waals surface area contributed by atoms with Crippen LogP contribution < -0.4 is 0 Å². The summed E-state index contributed by atoms with van der Waals surface area (Å²) in [6.07, 6.45) is 12.1. The molecule has 0 aromatic heterocycles. The van der Waals surface area contributed by atoms with E-state index in [4.69, 9.17) is 0 Å². The van der Waals surface area contributed by atoms with E-state index in [1.54, 1.807) is 11.8 Å². The van der Waals surface area contributed by atoms with Crippen molar-refractivity contribution >= 4 is 11.8 Å². The second kappa shape index (κ2) is 9.51. The number of allylic oxidation sites excluding steroid dienone is 6. The Kier molecular flexibility index (Phi) is 8.81. The van der Waals surface area contributed by atoms with Gasteiger partial charge in [-0.15, -0.1) is 0 Å². The van der Waals surface area contributed by atoms with Crippen molar-refractivity contribution in [3.63, 3.8) is 0 Å². The van der Waals surface area contributed by atoms with Crippen LogP contribution in [0.2, 0.25) is 0 Å². The quantitative estimate of drug-likeness (QED) is 0.656. The number of thioether (sulfide) groups is 1. The van der Waals surface area contributed by atoms with E-state index in [1.807, 2.05) is 39.0 Å². The minimum absolute atomic E-state index is 1.10. The number of hydrogen-bond acceptors (Lipinski definition) is 2. The zero-order chi connectivity index (χ0) is 14.8. The highest BCUT2D eigenvalue weighted by Crippen LogP contribution is 2.41. The molecule has 1 rings (SSSR count). The molecule has 1 aliphatic rings. The summed E-state index contributed by atoms with van der Waals surface area (Å²) in [5.41, 5.74) is 2.29. The SMILES string of the molecule is C=CC1=C(C=C)N(C)C(=C/C=C\C)/C(=C\C)S1.CC. The highest BCUT2D eigenvalue weighted by atomic mass is 32.2. The molecule has 0 N–H and O–H groups in total. The maximum atomic E-state index is 3.87. The lowest BCUT2D eigenvalue weighted by atomic mass is 10.2. The van der Waals surface area contributed by atoms with Crippen LogP contribution in [0.3, 0.4) is 0 Å². The fraction of sp³-hybridized carbons (Fsp3) is 0.294. The van der Waals surface area contributed by atoms with E-state index in [9.17, 15) is 0 Å². The first kappa shape index (κ1) is 17.6. The zero-order valence-electron chi connectivity index (χ0n) is 12.7. The molecule has 1 nitrogen and oxygen atoms in total. The molecule has 19 heavy (non-hydrogen) atoms. The van der Waals surface area contributed by atoms with Gasteiger partial charge in [0, 0.05) is 16.9 Å². The van der Waals surface area contributed by atoms with Gasteiger partial charge in [-0.25, -0.2) is 0 Å². The molecule has 0 saturated carbocycles. The minimum Gasteiger partial charge on any atom is -0.343 e. The summed E-state index contributed by atoms with van der Waals surface area (Å²) in [6.45, 7) is 15.8. The van der Waals surface area contributed by atoms with Gasteiger partial charge in [-0.05, 0) is 26.0 Å². The predicted molar refractivity (Wildman–Crippen MR) is 90.8 cm³/mol. The number of hydrogen-bond donors (Lipinski definition) is 0. The molecular weight excluding hydrogens is 250 g/mol. The fourth-order valence-corrected chi connectivity index (χ4v) is 2.73. The minimum atomic E-state index is 1.10. The van der Waals surface area contributed by atoms with Gasteiger partial charge in [0.1, 0.15) is 0 Å². The van der Waals surface area contributed by atoms with Gasteiger partial charge < -0.3 is 4.90 Å². The largest absolute Gasteiger partial charge is 0.343 e. The first-order valence-corrected chi connectivity index (χ1v) is 7.41. The fourth-order valence-electron chi connectivity index (χ4n) is 1.66. The van der Waals surface area contributed by atoms with E-state index in [0.29, 0.717) is 0 Å². The van der Waals surface area contributed by atoms with E-state index < -0.39 is 0 Å². The zero-order valence-corrected chi connectivity index (χ0v) is 13.6. The van der Waals surface area contributed by atoms with Crippen LogP contribution in [0.4, 0.5) is 0 Å². The molecule has 1 heterocycles. The standard InChI is InChI=1S/C15H19NS.C2H6/c1-6-10-11-13-15(9-4)17-14(8-3)12(7-2)16(13)5;1-2/h6-11H,2-3H2,1,4-5H3;1-2H3/b10-6-,13-11+,15-9+;. The molecule has 0 aromatic rings. The van der Waals surface area contributed by atoms with Crippen LogP contribution in [0.25, 0.3) is 0 Å². The summed E-state index contributed by atoms with van der Waals surface area (Å²) in [7, 11) is 2.05. The van der Waals surface area contributed by atoms with Crippen LogP contribution >= 0.6 is 11.8 Å². The Morgan fingerprint density at radius 2 is 1.74 bits per heavy atom. The average molecular weight is 275 g/mol. The van der Waals surface area contributed by atoms with Gasteiger partial charge in [-0.3, -0.25) is 0 Å². The first-order chi connectivity index (χ1) is 9.19. The third kappa shape index (κ3) is 4.32. The predicted octanol–water partition coefficient (Wildman–Crippen LogP) is 5.64. The highest BCUT2D eigenvalue weighted by molar-refractivity contribution is 8.07. The Morgan fingerprint density at radius 1 is 1.11 bits per heavy atom. The number of likely N-dealkylation sites (N-methyl/N-ethyl adjacent to an activating group) is 1. The summed E-state index contributed by atoms with van der Waals surface area (Å²) in [5.74, 6) is 0. The van der Waals surface area contributed by atoms with Crippen molar-refractivity contribution in [1.82, 2.24) is 4.90 Å². The lowest BCUT2D eigenvalue weighted by Crippen LogP contribution is -2.21. The van der Waals surface area contributed by atoms with Crippen molar-refractivity contribution in [2.75, 3.05) is 7.05 Å². The Labute approximate surface area is 122 Å². The van der Waals surface area contributed by atoms with Gasteiger partial charge in [0.25, 0.3) is 0 Å². The van der Waals surface area contributed by atoms with E-state index in [2.05, 4.69) is 50.3 Å². The maximum absolute atomic E-state index is 3.87. The van der Waals surface area contributed by atoms with E-state index in [1.165, 1.54) is 10.6 Å². The molecule has 0 amide bonds. The molecule has 0 saturated heterocycles. The van der Waals surface area contributed by atoms with Crippen molar-refractivity contribution in [3.05, 3.63) is 70.8 Å². The molecule has 0 fully saturated rings. The third-order valence-electron chi connectivity index (χ3n) is 2.54. The van der Waals surface area contributed by atoms with Crippen LogP contribution in [0.5, 0.6) is 0 Å². The molecule has 2 heteroatoms.